The first kappa shape index (κ1) is 19.6. The van der Waals surface area contributed by atoms with Gasteiger partial charge in [0.1, 0.15) is 0 Å². The lowest BCUT2D eigenvalue weighted by molar-refractivity contribution is 0.317. The Hall–Kier alpha value is -2.17. The van der Waals surface area contributed by atoms with Gasteiger partial charge >= 0.3 is 0 Å². The topological polar surface area (TPSA) is 15.3 Å². The van der Waals surface area contributed by atoms with Crippen LogP contribution in [0.3, 0.4) is 0 Å². The highest BCUT2D eigenvalue weighted by molar-refractivity contribution is 7.80. The molecule has 0 bridgehead atoms. The molecule has 0 fully saturated rings. The molecule has 0 saturated carbocycles. The Labute approximate surface area is 171 Å². The lowest BCUT2D eigenvalue weighted by atomic mass is 10.1. The fourth-order valence-corrected chi connectivity index (χ4v) is 4.27. The summed E-state index contributed by atoms with van der Waals surface area (Å²) < 4.78 is 0. The Morgan fingerprint density at radius 3 is 2.26 bits per heavy atom. The van der Waals surface area contributed by atoms with E-state index in [0.717, 1.165) is 31.0 Å². The zero-order valence-corrected chi connectivity index (χ0v) is 17.3. The number of thiophene rings is 1. The summed E-state index contributed by atoms with van der Waals surface area (Å²) in [7, 11) is 0. The predicted molar refractivity (Wildman–Crippen MR) is 120 cm³/mol. The Bertz CT molecular complexity index is 801. The van der Waals surface area contributed by atoms with E-state index in [4.69, 9.17) is 12.2 Å². The third-order valence-electron chi connectivity index (χ3n) is 4.60. The first-order chi connectivity index (χ1) is 13.2. The van der Waals surface area contributed by atoms with E-state index < -0.39 is 0 Å². The van der Waals surface area contributed by atoms with Gasteiger partial charge in [-0.2, -0.15) is 0 Å². The third kappa shape index (κ3) is 6.19. The molecule has 1 N–H and O–H groups in total. The predicted octanol–water partition coefficient (Wildman–Crippen LogP) is 5.30. The summed E-state index contributed by atoms with van der Waals surface area (Å²) in [6, 6.07) is 25.7. The number of nitrogens with zero attached hydrogens (tertiary/aromatic N) is 1. The number of thiocarbonyl (C=S) groups is 1. The highest BCUT2D eigenvalue weighted by atomic mass is 32.1. The summed E-state index contributed by atoms with van der Waals surface area (Å²) in [5.74, 6) is 0. The van der Waals surface area contributed by atoms with E-state index in [-0.39, 0.29) is 0 Å². The average Bonchev–Trinajstić information content (AvgIpc) is 3.20. The molecule has 140 valence electrons. The Morgan fingerprint density at radius 2 is 1.63 bits per heavy atom. The molecule has 0 unspecified atom stereocenters. The lowest BCUT2D eigenvalue weighted by Gasteiger charge is -2.32. The van der Waals surface area contributed by atoms with Gasteiger partial charge in [0.2, 0.25) is 0 Å². The monoisotopic (exact) mass is 394 g/mol. The van der Waals surface area contributed by atoms with E-state index in [1.165, 1.54) is 16.0 Å². The molecule has 0 aliphatic rings. The molecule has 3 aromatic rings. The average molecular weight is 395 g/mol. The summed E-state index contributed by atoms with van der Waals surface area (Å²) in [6.45, 7) is 3.93. The van der Waals surface area contributed by atoms with E-state index in [1.54, 1.807) is 0 Å². The molecule has 1 aromatic heterocycles. The van der Waals surface area contributed by atoms with Gasteiger partial charge in [-0.25, -0.2) is 0 Å². The van der Waals surface area contributed by atoms with Gasteiger partial charge < -0.3 is 10.2 Å². The van der Waals surface area contributed by atoms with Crippen LogP contribution in [0, 0.1) is 0 Å². The second-order valence-corrected chi connectivity index (χ2v) is 8.13. The SMILES string of the molecule is C[C@H](Cc1cccs1)N(Cc1ccccc1)C(=S)NCCc1ccccc1. The van der Waals surface area contributed by atoms with Crippen molar-refractivity contribution in [1.29, 1.82) is 0 Å². The van der Waals surface area contributed by atoms with Crippen molar-refractivity contribution in [2.24, 2.45) is 0 Å². The maximum Gasteiger partial charge on any atom is 0.169 e. The van der Waals surface area contributed by atoms with Gasteiger partial charge in [0, 0.05) is 30.4 Å². The van der Waals surface area contributed by atoms with Gasteiger partial charge in [-0.15, -0.1) is 11.3 Å². The molecule has 2 nitrogen and oxygen atoms in total. The standard InChI is InChI=1S/C23H26N2S2/c1-19(17-22-13-8-16-27-22)25(18-21-11-6-3-7-12-21)23(26)24-15-14-20-9-4-2-5-10-20/h2-13,16,19H,14-15,17-18H2,1H3,(H,24,26)/t19-/m1/s1. The number of hydrogen-bond donors (Lipinski definition) is 1. The molecule has 1 atom stereocenters. The smallest absolute Gasteiger partial charge is 0.169 e. The van der Waals surface area contributed by atoms with Crippen LogP contribution in [-0.2, 0) is 19.4 Å². The van der Waals surface area contributed by atoms with Crippen LogP contribution >= 0.6 is 23.6 Å². The first-order valence-corrected chi connectivity index (χ1v) is 10.7. The van der Waals surface area contributed by atoms with E-state index in [0.29, 0.717) is 6.04 Å². The minimum atomic E-state index is 0.334. The maximum absolute atomic E-state index is 5.78. The summed E-state index contributed by atoms with van der Waals surface area (Å²) in [4.78, 5) is 3.71. The summed E-state index contributed by atoms with van der Waals surface area (Å²) >= 11 is 7.59. The van der Waals surface area contributed by atoms with Crippen LogP contribution in [0.15, 0.2) is 78.2 Å². The summed E-state index contributed by atoms with van der Waals surface area (Å²) in [6.07, 6.45) is 1.98. The van der Waals surface area contributed by atoms with Crippen LogP contribution in [0.1, 0.15) is 22.9 Å². The molecule has 3 rings (SSSR count). The zero-order valence-electron chi connectivity index (χ0n) is 15.7. The van der Waals surface area contributed by atoms with Crippen molar-refractivity contribution in [2.75, 3.05) is 6.54 Å². The van der Waals surface area contributed by atoms with Crippen LogP contribution in [0.5, 0.6) is 0 Å². The Morgan fingerprint density at radius 1 is 0.963 bits per heavy atom. The normalized spacial score (nSPS) is 11.7. The lowest BCUT2D eigenvalue weighted by Crippen LogP contribution is -2.45. The van der Waals surface area contributed by atoms with Gasteiger partial charge in [0.25, 0.3) is 0 Å². The maximum atomic E-state index is 5.78. The van der Waals surface area contributed by atoms with E-state index in [2.05, 4.69) is 95.3 Å². The largest absolute Gasteiger partial charge is 0.362 e. The Kier molecular flexibility index (Phi) is 7.43. The van der Waals surface area contributed by atoms with Crippen LogP contribution in [-0.4, -0.2) is 22.6 Å². The minimum absolute atomic E-state index is 0.334. The molecule has 0 aliphatic carbocycles. The van der Waals surface area contributed by atoms with Gasteiger partial charge in [0.15, 0.2) is 5.11 Å². The highest BCUT2D eigenvalue weighted by Crippen LogP contribution is 2.17. The molecular weight excluding hydrogens is 368 g/mol. The third-order valence-corrected chi connectivity index (χ3v) is 5.88. The molecule has 0 radical (unpaired) electrons. The van der Waals surface area contributed by atoms with E-state index in [1.807, 2.05) is 11.3 Å². The molecule has 0 amide bonds. The molecule has 4 heteroatoms. The Balaban J connectivity index is 1.63. The van der Waals surface area contributed by atoms with Crippen molar-refractivity contribution in [3.63, 3.8) is 0 Å². The zero-order chi connectivity index (χ0) is 18.9. The van der Waals surface area contributed by atoms with Crippen molar-refractivity contribution in [2.45, 2.75) is 32.4 Å². The van der Waals surface area contributed by atoms with Gasteiger partial charge in [-0.3, -0.25) is 0 Å². The van der Waals surface area contributed by atoms with Crippen molar-refractivity contribution in [3.8, 4) is 0 Å². The first-order valence-electron chi connectivity index (χ1n) is 9.37. The van der Waals surface area contributed by atoms with Crippen LogP contribution in [0.2, 0.25) is 0 Å². The molecule has 2 aromatic carbocycles. The van der Waals surface area contributed by atoms with Crippen LogP contribution in [0.25, 0.3) is 0 Å². The van der Waals surface area contributed by atoms with Gasteiger partial charge in [-0.05, 0) is 48.1 Å². The quantitative estimate of drug-likeness (QED) is 0.522. The van der Waals surface area contributed by atoms with Crippen LogP contribution in [0.4, 0.5) is 0 Å². The molecule has 0 spiro atoms. The summed E-state index contributed by atoms with van der Waals surface area (Å²) in [5, 5.41) is 6.44. The second-order valence-electron chi connectivity index (χ2n) is 6.71. The van der Waals surface area contributed by atoms with E-state index >= 15 is 0 Å². The van der Waals surface area contributed by atoms with Crippen molar-refractivity contribution < 1.29 is 0 Å². The fraction of sp³-hybridized carbons (Fsp3) is 0.261. The highest BCUT2D eigenvalue weighted by Gasteiger charge is 2.18. The molecule has 0 saturated heterocycles. The van der Waals surface area contributed by atoms with Gasteiger partial charge in [-0.1, -0.05) is 66.7 Å². The number of nitrogens with one attached hydrogen (secondary N) is 1. The van der Waals surface area contributed by atoms with Crippen LogP contribution < -0.4 is 5.32 Å². The van der Waals surface area contributed by atoms with Crippen molar-refractivity contribution >= 4 is 28.7 Å². The molecule has 1 heterocycles. The number of rotatable bonds is 8. The minimum Gasteiger partial charge on any atom is -0.362 e. The fourth-order valence-electron chi connectivity index (χ4n) is 3.10. The second kappa shape index (κ2) is 10.2. The van der Waals surface area contributed by atoms with Gasteiger partial charge in [0.05, 0.1) is 0 Å². The summed E-state index contributed by atoms with van der Waals surface area (Å²) in [5.41, 5.74) is 2.61. The van der Waals surface area contributed by atoms with E-state index in [9.17, 15) is 0 Å². The van der Waals surface area contributed by atoms with Crippen molar-refractivity contribution in [1.82, 2.24) is 10.2 Å². The molecule has 0 aliphatic heterocycles. The number of hydrogen-bond acceptors (Lipinski definition) is 2. The molecule has 27 heavy (non-hydrogen) atoms. The van der Waals surface area contributed by atoms with Crippen molar-refractivity contribution in [3.05, 3.63) is 94.2 Å². The number of benzene rings is 2. The molecular formula is C23H26N2S2.